The summed E-state index contributed by atoms with van der Waals surface area (Å²) in [7, 11) is 0. The summed E-state index contributed by atoms with van der Waals surface area (Å²) in [5.74, 6) is -1.91. The van der Waals surface area contributed by atoms with Crippen LogP contribution < -0.4 is 5.32 Å². The van der Waals surface area contributed by atoms with Gasteiger partial charge in [-0.1, -0.05) is 35.5 Å². The molecule has 7 nitrogen and oxygen atoms in total. The summed E-state index contributed by atoms with van der Waals surface area (Å²) < 4.78 is 32.3. The van der Waals surface area contributed by atoms with Crippen LogP contribution in [0.4, 0.5) is 13.2 Å². The number of benzene rings is 1. The standard InChI is InChI=1S/C19H20ClN3O2S2.C2HF3O2/c20-16-8-7-15(27-16)18(24)22-9-12-26-19(25)14-5-3-13(4-6-14)17(21)23-10-1-2-11-23;3-2(4,5)1(6)7/h3-8,21H,1-2,9-12H2,(H,22,24);(H,6,7). The van der Waals surface area contributed by atoms with Crippen LogP contribution >= 0.6 is 34.7 Å². The first-order valence-electron chi connectivity index (χ1n) is 9.93. The van der Waals surface area contributed by atoms with Crippen molar-refractivity contribution in [1.29, 1.82) is 5.41 Å². The number of amides is 1. The van der Waals surface area contributed by atoms with Gasteiger partial charge in [-0.05, 0) is 37.1 Å². The molecule has 2 heterocycles. The van der Waals surface area contributed by atoms with Crippen molar-refractivity contribution >= 4 is 57.5 Å². The minimum absolute atomic E-state index is 0.0392. The van der Waals surface area contributed by atoms with Gasteiger partial charge in [0.2, 0.25) is 5.12 Å². The largest absolute Gasteiger partial charge is 0.490 e. The fraction of sp³-hybridized carbons (Fsp3) is 0.333. The van der Waals surface area contributed by atoms with E-state index in [4.69, 9.17) is 26.9 Å². The molecule has 34 heavy (non-hydrogen) atoms. The van der Waals surface area contributed by atoms with Crippen molar-refractivity contribution in [2.24, 2.45) is 0 Å². The maximum Gasteiger partial charge on any atom is 0.490 e. The van der Waals surface area contributed by atoms with Gasteiger partial charge in [-0.3, -0.25) is 15.0 Å². The molecule has 0 aliphatic carbocycles. The average Bonchev–Trinajstić information content (AvgIpc) is 3.48. The number of carboxylic acid groups (broad SMARTS) is 1. The molecule has 1 aromatic heterocycles. The minimum atomic E-state index is -5.08. The SMILES string of the molecule is N=C(c1ccc(C(=O)SCCNC(=O)c2ccc(Cl)s2)cc1)N1CCCC1.O=C(O)C(F)(F)F. The Kier molecular flexibility index (Phi) is 10.4. The Balaban J connectivity index is 0.000000509. The Labute approximate surface area is 206 Å². The zero-order chi connectivity index (χ0) is 25.3. The number of carbonyl (C=O) groups is 3. The monoisotopic (exact) mass is 535 g/mol. The second-order valence-corrected chi connectivity index (χ2v) is 9.70. The molecule has 13 heteroatoms. The maximum absolute atomic E-state index is 12.3. The first kappa shape index (κ1) is 27.7. The van der Waals surface area contributed by atoms with Gasteiger partial charge in [0.05, 0.1) is 9.21 Å². The van der Waals surface area contributed by atoms with Gasteiger partial charge in [0.25, 0.3) is 5.91 Å². The van der Waals surface area contributed by atoms with Gasteiger partial charge in [0.1, 0.15) is 5.84 Å². The Morgan fingerprint density at radius 2 is 1.65 bits per heavy atom. The Morgan fingerprint density at radius 3 is 2.15 bits per heavy atom. The molecule has 2 aromatic rings. The summed E-state index contributed by atoms with van der Waals surface area (Å²) in [6.45, 7) is 2.26. The molecule has 1 aliphatic heterocycles. The quantitative estimate of drug-likeness (QED) is 0.279. The van der Waals surface area contributed by atoms with Gasteiger partial charge in [0.15, 0.2) is 0 Å². The molecule has 0 saturated carbocycles. The zero-order valence-corrected chi connectivity index (χ0v) is 20.0. The second-order valence-electron chi connectivity index (χ2n) is 6.92. The smallest absolute Gasteiger partial charge is 0.475 e. The van der Waals surface area contributed by atoms with Crippen molar-refractivity contribution in [3.8, 4) is 0 Å². The molecule has 3 rings (SSSR count). The van der Waals surface area contributed by atoms with Crippen LogP contribution in [0.1, 0.15) is 38.4 Å². The average molecular weight is 536 g/mol. The molecule has 1 fully saturated rings. The number of hydrogen-bond acceptors (Lipinski definition) is 6. The number of alkyl halides is 3. The van der Waals surface area contributed by atoms with Crippen LogP contribution in [0.5, 0.6) is 0 Å². The molecule has 0 unspecified atom stereocenters. The summed E-state index contributed by atoms with van der Waals surface area (Å²) in [6, 6.07) is 10.6. The van der Waals surface area contributed by atoms with Gasteiger partial charge >= 0.3 is 12.1 Å². The molecule has 1 aliphatic rings. The van der Waals surface area contributed by atoms with E-state index >= 15 is 0 Å². The highest BCUT2D eigenvalue weighted by molar-refractivity contribution is 8.14. The number of thiophene rings is 1. The van der Waals surface area contributed by atoms with Gasteiger partial charge in [-0.25, -0.2) is 4.79 Å². The summed E-state index contributed by atoms with van der Waals surface area (Å²) >= 11 is 8.22. The van der Waals surface area contributed by atoms with E-state index < -0.39 is 12.1 Å². The zero-order valence-electron chi connectivity index (χ0n) is 17.7. The number of carboxylic acids is 1. The molecule has 1 amide bonds. The van der Waals surface area contributed by atoms with Gasteiger partial charge in [0, 0.05) is 36.5 Å². The Hall–Kier alpha value is -2.57. The van der Waals surface area contributed by atoms with Gasteiger partial charge in [-0.15, -0.1) is 11.3 Å². The predicted octanol–water partition coefficient (Wildman–Crippen LogP) is 4.76. The second kappa shape index (κ2) is 12.8. The van der Waals surface area contributed by atoms with Crippen molar-refractivity contribution in [1.82, 2.24) is 10.2 Å². The van der Waals surface area contributed by atoms with Crippen molar-refractivity contribution < 1.29 is 32.7 Å². The van der Waals surface area contributed by atoms with Crippen LogP contribution in [0.15, 0.2) is 36.4 Å². The highest BCUT2D eigenvalue weighted by atomic mass is 35.5. The number of likely N-dealkylation sites (tertiary alicyclic amines) is 1. The van der Waals surface area contributed by atoms with E-state index in [0.717, 1.165) is 31.5 Å². The fourth-order valence-electron chi connectivity index (χ4n) is 2.80. The van der Waals surface area contributed by atoms with Crippen molar-refractivity contribution in [2.75, 3.05) is 25.4 Å². The number of nitrogens with zero attached hydrogens (tertiary/aromatic N) is 1. The van der Waals surface area contributed by atoms with Gasteiger partial charge in [-0.2, -0.15) is 13.2 Å². The number of nitrogens with one attached hydrogen (secondary N) is 2. The maximum atomic E-state index is 12.3. The van der Waals surface area contributed by atoms with E-state index in [2.05, 4.69) is 10.2 Å². The fourth-order valence-corrected chi connectivity index (χ4v) is 4.45. The summed E-state index contributed by atoms with van der Waals surface area (Å²) in [6.07, 6.45) is -2.82. The minimum Gasteiger partial charge on any atom is -0.475 e. The lowest BCUT2D eigenvalue weighted by molar-refractivity contribution is -0.192. The number of thioether (sulfide) groups is 1. The highest BCUT2D eigenvalue weighted by Gasteiger charge is 2.38. The topological polar surface area (TPSA) is 111 Å². The molecule has 0 bridgehead atoms. The van der Waals surface area contributed by atoms with Crippen molar-refractivity contribution in [3.05, 3.63) is 56.7 Å². The molecular weight excluding hydrogens is 515 g/mol. The molecular formula is C21H21ClF3N3O4S2. The lowest BCUT2D eigenvalue weighted by Gasteiger charge is -2.18. The normalized spacial score (nSPS) is 13.1. The van der Waals surface area contributed by atoms with E-state index in [1.807, 2.05) is 12.1 Å². The Bertz CT molecular complexity index is 1020. The van der Waals surface area contributed by atoms with E-state index in [-0.39, 0.29) is 11.0 Å². The molecule has 1 saturated heterocycles. The first-order chi connectivity index (χ1) is 16.0. The third-order valence-electron chi connectivity index (χ3n) is 4.48. The number of carbonyl (C=O) groups excluding carboxylic acids is 2. The van der Waals surface area contributed by atoms with Crippen molar-refractivity contribution in [3.63, 3.8) is 0 Å². The van der Waals surface area contributed by atoms with E-state index in [0.29, 0.717) is 32.9 Å². The van der Waals surface area contributed by atoms with E-state index in [1.165, 1.54) is 23.1 Å². The van der Waals surface area contributed by atoms with E-state index in [1.54, 1.807) is 24.3 Å². The van der Waals surface area contributed by atoms with Crippen LogP contribution in [0.3, 0.4) is 0 Å². The lowest BCUT2D eigenvalue weighted by atomic mass is 10.1. The van der Waals surface area contributed by atoms with E-state index in [9.17, 15) is 22.8 Å². The van der Waals surface area contributed by atoms with Crippen LogP contribution in [-0.4, -0.2) is 64.4 Å². The third-order valence-corrected chi connectivity index (χ3v) is 6.61. The van der Waals surface area contributed by atoms with Crippen LogP contribution in [0, 0.1) is 5.41 Å². The van der Waals surface area contributed by atoms with Crippen LogP contribution in [0.25, 0.3) is 0 Å². The first-order valence-corrected chi connectivity index (χ1v) is 12.1. The number of hydrogen-bond donors (Lipinski definition) is 3. The molecule has 3 N–H and O–H groups in total. The molecule has 184 valence electrons. The summed E-state index contributed by atoms with van der Waals surface area (Å²) in [5, 5.41) is 18.1. The van der Waals surface area contributed by atoms with Crippen molar-refractivity contribution in [2.45, 2.75) is 19.0 Å². The molecule has 0 radical (unpaired) electrons. The number of rotatable bonds is 6. The van der Waals surface area contributed by atoms with Crippen LogP contribution in [0.2, 0.25) is 4.34 Å². The predicted molar refractivity (Wildman–Crippen MR) is 126 cm³/mol. The summed E-state index contributed by atoms with van der Waals surface area (Å²) in [5.41, 5.74) is 1.44. The summed E-state index contributed by atoms with van der Waals surface area (Å²) in [4.78, 5) is 35.7. The highest BCUT2D eigenvalue weighted by Crippen LogP contribution is 2.21. The molecule has 0 atom stereocenters. The lowest BCUT2D eigenvalue weighted by Crippen LogP contribution is -2.27. The molecule has 1 aromatic carbocycles. The molecule has 0 spiro atoms. The number of amidine groups is 1. The van der Waals surface area contributed by atoms with Crippen LogP contribution in [-0.2, 0) is 4.79 Å². The Morgan fingerprint density at radius 1 is 1.09 bits per heavy atom. The number of halogens is 4. The third kappa shape index (κ3) is 8.65. The van der Waals surface area contributed by atoms with Gasteiger partial charge < -0.3 is 15.3 Å². The number of aliphatic carboxylic acids is 1.